The molecule has 1 aliphatic rings. The van der Waals surface area contributed by atoms with Gasteiger partial charge in [-0.3, -0.25) is 0 Å². The predicted molar refractivity (Wildman–Crippen MR) is 45.1 cm³/mol. The van der Waals surface area contributed by atoms with Gasteiger partial charge >= 0.3 is 7.32 Å². The van der Waals surface area contributed by atoms with Gasteiger partial charge in [0.2, 0.25) is 0 Å². The van der Waals surface area contributed by atoms with E-state index in [-0.39, 0.29) is 0 Å². The van der Waals surface area contributed by atoms with Gasteiger partial charge in [-0.25, -0.2) is 0 Å². The maximum absolute atomic E-state index is 5.30. The molecule has 0 aliphatic carbocycles. The second-order valence-corrected chi connectivity index (χ2v) is 2.43. The highest BCUT2D eigenvalue weighted by Crippen LogP contribution is 2.32. The molecule has 3 nitrogen and oxygen atoms in total. The minimum atomic E-state index is -0.563. The molecule has 62 valence electrons. The number of hydrogen-bond acceptors (Lipinski definition) is 3. The molecule has 0 saturated heterocycles. The van der Waals surface area contributed by atoms with E-state index >= 15 is 0 Å². The van der Waals surface area contributed by atoms with Crippen LogP contribution < -0.4 is 9.31 Å². The van der Waals surface area contributed by atoms with Crippen LogP contribution in [0.5, 0.6) is 11.5 Å². The quantitative estimate of drug-likeness (QED) is 0.619. The van der Waals surface area contributed by atoms with Crippen LogP contribution in [0.15, 0.2) is 24.3 Å². The molecule has 0 fully saturated rings. The molecule has 1 aromatic carbocycles. The SMILES string of the molecule is CCOB1Oc2ccccc2O1. The first-order chi connectivity index (χ1) is 5.90. The number of para-hydroxylation sites is 2. The van der Waals surface area contributed by atoms with Crippen LogP contribution in [0.25, 0.3) is 0 Å². The van der Waals surface area contributed by atoms with Gasteiger partial charge in [0.15, 0.2) is 0 Å². The van der Waals surface area contributed by atoms with E-state index in [0.717, 1.165) is 11.5 Å². The van der Waals surface area contributed by atoms with Gasteiger partial charge < -0.3 is 14.0 Å². The van der Waals surface area contributed by atoms with Crippen molar-refractivity contribution < 1.29 is 14.0 Å². The van der Waals surface area contributed by atoms with Gasteiger partial charge in [-0.2, -0.15) is 0 Å². The molecule has 0 aromatic heterocycles. The minimum absolute atomic E-state index is 0.563. The van der Waals surface area contributed by atoms with Crippen LogP contribution in [0.2, 0.25) is 0 Å². The first kappa shape index (κ1) is 7.49. The van der Waals surface area contributed by atoms with Crippen LogP contribution >= 0.6 is 0 Å². The second-order valence-electron chi connectivity index (χ2n) is 2.43. The van der Waals surface area contributed by atoms with E-state index < -0.39 is 7.32 Å². The van der Waals surface area contributed by atoms with Crippen molar-refractivity contribution in [3.8, 4) is 11.5 Å². The summed E-state index contributed by atoms with van der Waals surface area (Å²) in [5.41, 5.74) is 0. The van der Waals surface area contributed by atoms with E-state index in [0.29, 0.717) is 6.61 Å². The molecule has 0 saturated carbocycles. The van der Waals surface area contributed by atoms with Gasteiger partial charge in [0.05, 0.1) is 0 Å². The van der Waals surface area contributed by atoms with Crippen LogP contribution in [0.3, 0.4) is 0 Å². The lowest BCUT2D eigenvalue weighted by molar-refractivity contribution is 0.235. The lowest BCUT2D eigenvalue weighted by Gasteiger charge is -2.00. The fourth-order valence-electron chi connectivity index (χ4n) is 1.08. The summed E-state index contributed by atoms with van der Waals surface area (Å²) in [6, 6.07) is 7.51. The standard InChI is InChI=1S/C8H9BO3/c1-2-10-9-11-7-5-3-4-6-8(7)12-9/h3-6H,2H2,1H3. The molecule has 1 heterocycles. The maximum atomic E-state index is 5.30. The monoisotopic (exact) mass is 164 g/mol. The van der Waals surface area contributed by atoms with Crippen LogP contribution in [0, 0.1) is 0 Å². The lowest BCUT2D eigenvalue weighted by atomic mass is 10.2. The molecular weight excluding hydrogens is 155 g/mol. The van der Waals surface area contributed by atoms with Crippen LogP contribution in [0.4, 0.5) is 0 Å². The minimum Gasteiger partial charge on any atom is -0.498 e. The Morgan fingerprint density at radius 2 is 1.83 bits per heavy atom. The third-order valence-electron chi connectivity index (χ3n) is 1.60. The summed E-state index contributed by atoms with van der Waals surface area (Å²) in [6.45, 7) is 2.48. The summed E-state index contributed by atoms with van der Waals surface area (Å²) >= 11 is 0. The fourth-order valence-corrected chi connectivity index (χ4v) is 1.08. The van der Waals surface area contributed by atoms with E-state index in [1.165, 1.54) is 0 Å². The van der Waals surface area contributed by atoms with E-state index in [9.17, 15) is 0 Å². The Hall–Kier alpha value is -1.16. The first-order valence-corrected chi connectivity index (χ1v) is 3.94. The van der Waals surface area contributed by atoms with Gasteiger partial charge in [0.1, 0.15) is 11.5 Å². The average molecular weight is 164 g/mol. The first-order valence-electron chi connectivity index (χ1n) is 3.94. The van der Waals surface area contributed by atoms with Gasteiger partial charge in [-0.05, 0) is 19.1 Å². The van der Waals surface area contributed by atoms with E-state index in [2.05, 4.69) is 0 Å². The third kappa shape index (κ3) is 1.25. The molecular formula is C8H9BO3. The highest BCUT2D eigenvalue weighted by Gasteiger charge is 2.34. The molecule has 0 amide bonds. The normalized spacial score (nSPS) is 13.6. The highest BCUT2D eigenvalue weighted by atomic mass is 16.8. The Kier molecular flexibility index (Phi) is 1.92. The molecule has 0 bridgehead atoms. The molecule has 0 radical (unpaired) electrons. The Morgan fingerprint density at radius 3 is 2.33 bits per heavy atom. The maximum Gasteiger partial charge on any atom is 0.788 e. The van der Waals surface area contributed by atoms with Gasteiger partial charge in [-0.15, -0.1) is 0 Å². The van der Waals surface area contributed by atoms with E-state index in [1.54, 1.807) is 0 Å². The molecule has 0 spiro atoms. The smallest absolute Gasteiger partial charge is 0.498 e. The van der Waals surface area contributed by atoms with Crippen molar-refractivity contribution in [3.63, 3.8) is 0 Å². The number of hydrogen-bond donors (Lipinski definition) is 0. The van der Waals surface area contributed by atoms with Crippen molar-refractivity contribution in [1.29, 1.82) is 0 Å². The van der Waals surface area contributed by atoms with Crippen molar-refractivity contribution in [2.75, 3.05) is 6.61 Å². The average Bonchev–Trinajstić information content (AvgIpc) is 2.47. The molecule has 1 aromatic rings. The zero-order valence-corrected chi connectivity index (χ0v) is 6.82. The molecule has 0 N–H and O–H groups in total. The Labute approximate surface area is 71.4 Å². The molecule has 12 heavy (non-hydrogen) atoms. The highest BCUT2D eigenvalue weighted by molar-refractivity contribution is 6.40. The van der Waals surface area contributed by atoms with Crippen molar-refractivity contribution in [3.05, 3.63) is 24.3 Å². The van der Waals surface area contributed by atoms with Crippen molar-refractivity contribution in [2.45, 2.75) is 6.92 Å². The van der Waals surface area contributed by atoms with Gasteiger partial charge in [0.25, 0.3) is 0 Å². The Morgan fingerprint density at radius 1 is 1.25 bits per heavy atom. The van der Waals surface area contributed by atoms with Crippen LogP contribution in [0.1, 0.15) is 6.92 Å². The summed E-state index contributed by atoms with van der Waals surface area (Å²) in [4.78, 5) is 0. The lowest BCUT2D eigenvalue weighted by Crippen LogP contribution is -2.28. The van der Waals surface area contributed by atoms with Gasteiger partial charge in [0, 0.05) is 6.61 Å². The molecule has 4 heteroatoms. The van der Waals surface area contributed by atoms with E-state index in [1.807, 2.05) is 31.2 Å². The van der Waals surface area contributed by atoms with Gasteiger partial charge in [-0.1, -0.05) is 12.1 Å². The number of benzene rings is 1. The van der Waals surface area contributed by atoms with Crippen molar-refractivity contribution in [2.24, 2.45) is 0 Å². The zero-order chi connectivity index (χ0) is 8.39. The molecule has 0 atom stereocenters. The van der Waals surface area contributed by atoms with Crippen LogP contribution in [-0.4, -0.2) is 13.9 Å². The molecule has 0 unspecified atom stereocenters. The largest absolute Gasteiger partial charge is 0.788 e. The third-order valence-corrected chi connectivity index (χ3v) is 1.60. The number of fused-ring (bicyclic) bond motifs is 1. The fraction of sp³-hybridized carbons (Fsp3) is 0.250. The second kappa shape index (κ2) is 3.07. The summed E-state index contributed by atoms with van der Waals surface area (Å²) < 4.78 is 15.7. The van der Waals surface area contributed by atoms with Crippen molar-refractivity contribution >= 4 is 7.32 Å². The summed E-state index contributed by atoms with van der Waals surface area (Å²) in [5, 5.41) is 0. The zero-order valence-electron chi connectivity index (χ0n) is 6.82. The van der Waals surface area contributed by atoms with E-state index in [4.69, 9.17) is 14.0 Å². The predicted octanol–water partition coefficient (Wildman–Crippen LogP) is 1.48. The topological polar surface area (TPSA) is 27.7 Å². The summed E-state index contributed by atoms with van der Waals surface area (Å²) in [6.07, 6.45) is 0. The Balaban J connectivity index is 2.11. The summed E-state index contributed by atoms with van der Waals surface area (Å²) in [7, 11) is -0.563. The van der Waals surface area contributed by atoms with Crippen molar-refractivity contribution in [1.82, 2.24) is 0 Å². The molecule has 1 aliphatic heterocycles. The summed E-state index contributed by atoms with van der Waals surface area (Å²) in [5.74, 6) is 1.49. The number of rotatable bonds is 2. The van der Waals surface area contributed by atoms with Crippen LogP contribution in [-0.2, 0) is 4.65 Å². The Bertz CT molecular complexity index is 252. The molecule has 2 rings (SSSR count).